The zero-order valence-electron chi connectivity index (χ0n) is 7.75. The Morgan fingerprint density at radius 3 is 2.12 bits per heavy atom. The van der Waals surface area contributed by atoms with E-state index in [1.54, 1.807) is 0 Å². The van der Waals surface area contributed by atoms with E-state index in [9.17, 15) is 18.0 Å². The van der Waals surface area contributed by atoms with E-state index in [0.29, 0.717) is 0 Å². The van der Waals surface area contributed by atoms with Gasteiger partial charge in [0, 0.05) is 0 Å². The summed E-state index contributed by atoms with van der Waals surface area (Å²) in [6.45, 7) is 0. The maximum atomic E-state index is 10.8. The first-order valence-electron chi connectivity index (χ1n) is 4.08. The van der Waals surface area contributed by atoms with Crippen LogP contribution in [0, 0.1) is 0 Å². The van der Waals surface area contributed by atoms with Crippen LogP contribution < -0.4 is 16.9 Å². The van der Waals surface area contributed by atoms with Crippen molar-refractivity contribution in [1.82, 2.24) is 4.57 Å². The number of aromatic nitrogens is 1. The number of anilines is 1. The minimum absolute atomic E-state index is 0.180. The molecule has 0 atom stereocenters. The Kier molecular flexibility index (Phi) is 2.00. The van der Waals surface area contributed by atoms with Gasteiger partial charge in [-0.2, -0.15) is 8.42 Å². The monoisotopic (exact) mass is 242 g/mol. The lowest BCUT2D eigenvalue weighted by atomic mass is 10.3. The number of hydrogen-bond acceptors (Lipinski definition) is 5. The maximum absolute atomic E-state index is 10.8. The maximum Gasteiger partial charge on any atom is 0.324 e. The Labute approximate surface area is 89.2 Å². The minimum Gasteiger partial charge on any atom is -0.398 e. The lowest BCUT2D eigenvalue weighted by Crippen LogP contribution is -2.04. The fraction of sp³-hybridized carbons (Fsp3) is 0. The highest BCUT2D eigenvalue weighted by Crippen LogP contribution is 2.20. The quantitative estimate of drug-likeness (QED) is 0.392. The number of nitrogen functional groups attached to an aromatic ring is 1. The number of hydrogen-bond donors (Lipinski definition) is 2. The topological polar surface area (TPSA) is 119 Å². The molecule has 16 heavy (non-hydrogen) atoms. The molecule has 0 unspecified atom stereocenters. The summed E-state index contributed by atoms with van der Waals surface area (Å²) in [5.74, 6) is 0. The Bertz CT molecular complexity index is 710. The first-order chi connectivity index (χ1) is 7.32. The molecule has 0 fully saturated rings. The Hall–Kier alpha value is -1.93. The first kappa shape index (κ1) is 10.6. The molecule has 0 spiro atoms. The van der Waals surface area contributed by atoms with Crippen LogP contribution in [0.3, 0.4) is 0 Å². The van der Waals surface area contributed by atoms with Crippen LogP contribution in [-0.2, 0) is 10.1 Å². The van der Waals surface area contributed by atoms with Gasteiger partial charge in [0.1, 0.15) is 4.90 Å². The zero-order valence-corrected chi connectivity index (χ0v) is 8.56. The molecule has 0 aliphatic heterocycles. The van der Waals surface area contributed by atoms with Crippen LogP contribution in [0.2, 0.25) is 0 Å². The van der Waals surface area contributed by atoms with Gasteiger partial charge in [0.05, 0.1) is 11.4 Å². The second-order valence-electron chi connectivity index (χ2n) is 3.14. The molecule has 0 bridgehead atoms. The molecule has 7 nitrogen and oxygen atoms in total. The summed E-state index contributed by atoms with van der Waals surface area (Å²) in [5, 5.41) is 0. The lowest BCUT2D eigenvalue weighted by Gasteiger charge is -2.03. The Balaban J connectivity index is 2.58. The second-order valence-corrected chi connectivity index (χ2v) is 4.53. The van der Waals surface area contributed by atoms with Gasteiger partial charge in [-0.05, 0) is 18.2 Å². The van der Waals surface area contributed by atoms with Gasteiger partial charge in [0.25, 0.3) is 10.1 Å². The molecule has 1 aromatic heterocycles. The highest BCUT2D eigenvalue weighted by Gasteiger charge is 2.20. The van der Waals surface area contributed by atoms with Gasteiger partial charge in [0.2, 0.25) is 0 Å². The van der Waals surface area contributed by atoms with E-state index < -0.39 is 26.1 Å². The minimum atomic E-state index is -4.40. The second kappa shape index (κ2) is 3.03. The molecule has 1 heterocycles. The molecule has 84 valence electrons. The number of benzene rings is 1. The van der Waals surface area contributed by atoms with Gasteiger partial charge in [-0.25, -0.2) is 4.57 Å². The molecule has 0 saturated heterocycles. The molecular weight excluding hydrogens is 236 g/mol. The van der Waals surface area contributed by atoms with E-state index in [4.69, 9.17) is 10.3 Å². The molecule has 2 rings (SSSR count). The van der Waals surface area contributed by atoms with Gasteiger partial charge >= 0.3 is 11.1 Å². The van der Waals surface area contributed by atoms with Gasteiger partial charge < -0.3 is 5.73 Å². The fourth-order valence-corrected chi connectivity index (χ4v) is 1.88. The average molecular weight is 242 g/mol. The van der Waals surface area contributed by atoms with E-state index in [1.165, 1.54) is 6.07 Å². The Morgan fingerprint density at radius 2 is 1.75 bits per heavy atom. The van der Waals surface area contributed by atoms with Gasteiger partial charge in [-0.3, -0.25) is 14.1 Å². The van der Waals surface area contributed by atoms with Crippen LogP contribution >= 0.6 is 0 Å². The van der Waals surface area contributed by atoms with Crippen molar-refractivity contribution in [1.29, 1.82) is 0 Å². The standard InChI is InChI=1S/C8H6N2O5S/c9-5-3-4(10-7(11)8(10)12)1-2-6(5)16(13,14)15/h1-3H,9H2,(H,13,14,15). The van der Waals surface area contributed by atoms with Crippen LogP contribution in [-0.4, -0.2) is 17.5 Å². The number of rotatable bonds is 2. The van der Waals surface area contributed by atoms with Gasteiger partial charge in [-0.1, -0.05) is 0 Å². The predicted octanol–water partition coefficient (Wildman–Crippen LogP) is -1.10. The zero-order chi connectivity index (χ0) is 12.1. The molecule has 0 amide bonds. The largest absolute Gasteiger partial charge is 0.398 e. The third kappa shape index (κ3) is 1.53. The summed E-state index contributed by atoms with van der Waals surface area (Å²) >= 11 is 0. The molecule has 1 aromatic carbocycles. The molecule has 0 aliphatic carbocycles. The average Bonchev–Trinajstić information content (AvgIpc) is 2.72. The Morgan fingerprint density at radius 1 is 1.19 bits per heavy atom. The van der Waals surface area contributed by atoms with Crippen LogP contribution in [0.1, 0.15) is 0 Å². The summed E-state index contributed by atoms with van der Waals surface area (Å²) in [4.78, 5) is 21.1. The molecule has 0 saturated carbocycles. The normalized spacial score (nSPS) is 12.1. The van der Waals surface area contributed by atoms with Crippen molar-refractivity contribution >= 4 is 15.8 Å². The van der Waals surface area contributed by atoms with Crippen LogP contribution in [0.5, 0.6) is 0 Å². The third-order valence-electron chi connectivity index (χ3n) is 2.07. The van der Waals surface area contributed by atoms with Crippen molar-refractivity contribution in [2.45, 2.75) is 4.90 Å². The van der Waals surface area contributed by atoms with E-state index in [1.807, 2.05) is 0 Å². The van der Waals surface area contributed by atoms with Crippen LogP contribution in [0.25, 0.3) is 5.69 Å². The number of nitrogens with zero attached hydrogens (tertiary/aromatic N) is 1. The smallest absolute Gasteiger partial charge is 0.324 e. The van der Waals surface area contributed by atoms with Crippen molar-refractivity contribution in [3.8, 4) is 5.69 Å². The van der Waals surface area contributed by atoms with E-state index in [2.05, 4.69) is 0 Å². The van der Waals surface area contributed by atoms with Crippen molar-refractivity contribution in [2.75, 3.05) is 5.73 Å². The number of nitrogens with two attached hydrogens (primary N) is 1. The van der Waals surface area contributed by atoms with Crippen LogP contribution in [0.4, 0.5) is 5.69 Å². The van der Waals surface area contributed by atoms with E-state index in [-0.39, 0.29) is 11.4 Å². The van der Waals surface area contributed by atoms with Crippen molar-refractivity contribution < 1.29 is 13.0 Å². The van der Waals surface area contributed by atoms with Crippen molar-refractivity contribution in [3.63, 3.8) is 0 Å². The van der Waals surface area contributed by atoms with Gasteiger partial charge in [0.15, 0.2) is 0 Å². The summed E-state index contributed by atoms with van der Waals surface area (Å²) in [7, 11) is -4.40. The fourth-order valence-electron chi connectivity index (χ4n) is 1.28. The summed E-state index contributed by atoms with van der Waals surface area (Å²) in [5.41, 5.74) is 3.96. The van der Waals surface area contributed by atoms with Crippen LogP contribution in [0.15, 0.2) is 32.7 Å². The van der Waals surface area contributed by atoms with Gasteiger partial charge in [-0.15, -0.1) is 0 Å². The molecule has 0 radical (unpaired) electrons. The predicted molar refractivity (Wildman–Crippen MR) is 54.9 cm³/mol. The molecule has 0 aliphatic rings. The highest BCUT2D eigenvalue weighted by molar-refractivity contribution is 7.86. The molecule has 8 heteroatoms. The van der Waals surface area contributed by atoms with Crippen molar-refractivity contribution in [3.05, 3.63) is 38.9 Å². The summed E-state index contributed by atoms with van der Waals surface area (Å²) in [6, 6.07) is 3.37. The van der Waals surface area contributed by atoms with E-state index >= 15 is 0 Å². The van der Waals surface area contributed by atoms with E-state index in [0.717, 1.165) is 16.7 Å². The SMILES string of the molecule is Nc1cc(-n2c(=O)c2=O)ccc1S(=O)(=O)O. The third-order valence-corrected chi connectivity index (χ3v) is 3.00. The summed E-state index contributed by atoms with van der Waals surface area (Å²) in [6.07, 6.45) is 0. The van der Waals surface area contributed by atoms with Crippen molar-refractivity contribution in [2.24, 2.45) is 0 Å². The summed E-state index contributed by atoms with van der Waals surface area (Å²) < 4.78 is 31.2. The first-order valence-corrected chi connectivity index (χ1v) is 5.52. The molecule has 3 N–H and O–H groups in total. The molecular formula is C8H6N2O5S. The lowest BCUT2D eigenvalue weighted by molar-refractivity contribution is 0.483. The highest BCUT2D eigenvalue weighted by atomic mass is 32.2. The molecule has 2 aromatic rings.